The summed E-state index contributed by atoms with van der Waals surface area (Å²) in [6.45, 7) is 5.95. The van der Waals surface area contributed by atoms with Crippen molar-refractivity contribution in [1.82, 2.24) is 4.90 Å². The van der Waals surface area contributed by atoms with Gasteiger partial charge in [0.1, 0.15) is 6.07 Å². The van der Waals surface area contributed by atoms with Crippen LogP contribution >= 0.6 is 0 Å². The fraction of sp³-hybridized carbons (Fsp3) is 0.458. The smallest absolute Gasteiger partial charge is 0.191 e. The molecule has 1 aromatic carbocycles. The van der Waals surface area contributed by atoms with Gasteiger partial charge in [-0.15, -0.1) is 0 Å². The maximum Gasteiger partial charge on any atom is 0.191 e. The predicted molar refractivity (Wildman–Crippen MR) is 116 cm³/mol. The third-order valence-electron chi connectivity index (χ3n) is 5.97. The van der Waals surface area contributed by atoms with E-state index in [2.05, 4.69) is 37.0 Å². The van der Waals surface area contributed by atoms with Crippen LogP contribution < -0.4 is 15.2 Å². The highest BCUT2D eigenvalue weighted by Crippen LogP contribution is 2.54. The number of hydrogen-bond acceptors (Lipinski definition) is 7. The van der Waals surface area contributed by atoms with Gasteiger partial charge in [0, 0.05) is 24.9 Å². The first-order valence-corrected chi connectivity index (χ1v) is 10.2. The first-order valence-electron chi connectivity index (χ1n) is 10.2. The summed E-state index contributed by atoms with van der Waals surface area (Å²) in [5.41, 5.74) is 6.52. The molecule has 1 heterocycles. The molecule has 7 heteroatoms. The molecule has 0 saturated heterocycles. The zero-order valence-electron chi connectivity index (χ0n) is 18.3. The van der Waals surface area contributed by atoms with Crippen molar-refractivity contribution in [3.63, 3.8) is 0 Å². The molecule has 0 aromatic heterocycles. The summed E-state index contributed by atoms with van der Waals surface area (Å²) in [5.74, 6) is 0.709. The maximum atomic E-state index is 10.2. The van der Waals surface area contributed by atoms with Crippen molar-refractivity contribution in [3.8, 4) is 29.7 Å². The average Bonchev–Trinajstić information content (AvgIpc) is 2.77. The molecule has 7 nitrogen and oxygen atoms in total. The number of rotatable bonds is 5. The second-order valence-electron chi connectivity index (χ2n) is 8.51. The lowest BCUT2D eigenvalue weighted by atomic mass is 9.58. The number of methoxy groups -OCH3 is 1. The summed E-state index contributed by atoms with van der Waals surface area (Å²) in [5, 5.41) is 30.1. The lowest BCUT2D eigenvalue weighted by Crippen LogP contribution is -2.47. The van der Waals surface area contributed by atoms with Crippen LogP contribution in [0.3, 0.4) is 0 Å². The fourth-order valence-corrected chi connectivity index (χ4v) is 4.45. The van der Waals surface area contributed by atoms with Crippen LogP contribution in [0.2, 0.25) is 0 Å². The predicted octanol–water partition coefficient (Wildman–Crippen LogP) is 3.09. The molecule has 0 bridgehead atoms. The molecule has 3 rings (SSSR count). The van der Waals surface area contributed by atoms with E-state index in [0.29, 0.717) is 37.1 Å². The molecule has 1 aromatic rings. The van der Waals surface area contributed by atoms with E-state index in [1.165, 1.54) is 0 Å². The number of nitrogens with two attached hydrogens (primary N) is 1. The molecule has 0 radical (unpaired) electrons. The van der Waals surface area contributed by atoms with Crippen molar-refractivity contribution in [2.24, 2.45) is 23.0 Å². The Morgan fingerprint density at radius 2 is 1.94 bits per heavy atom. The van der Waals surface area contributed by atoms with Crippen LogP contribution in [-0.4, -0.2) is 38.8 Å². The monoisotopic (exact) mass is 417 g/mol. The Kier molecular flexibility index (Phi) is 6.25. The van der Waals surface area contributed by atoms with Crippen LogP contribution in [0.5, 0.6) is 11.5 Å². The highest BCUT2D eigenvalue weighted by molar-refractivity contribution is 5.60. The van der Waals surface area contributed by atoms with Gasteiger partial charge in [0.25, 0.3) is 0 Å². The first-order chi connectivity index (χ1) is 14.8. The average molecular weight is 418 g/mol. The number of hydrogen-bond donors (Lipinski definition) is 1. The van der Waals surface area contributed by atoms with E-state index < -0.39 is 11.3 Å². The minimum absolute atomic E-state index is 0.0242. The number of nitriles is 3. The van der Waals surface area contributed by atoms with Crippen molar-refractivity contribution in [3.05, 3.63) is 46.7 Å². The first kappa shape index (κ1) is 22.2. The van der Waals surface area contributed by atoms with Gasteiger partial charge >= 0.3 is 0 Å². The molecule has 0 amide bonds. The van der Waals surface area contributed by atoms with E-state index in [4.69, 9.17) is 15.2 Å². The van der Waals surface area contributed by atoms with Crippen LogP contribution in [0.1, 0.15) is 25.3 Å². The van der Waals surface area contributed by atoms with Gasteiger partial charge in [-0.05, 0) is 36.2 Å². The van der Waals surface area contributed by atoms with Gasteiger partial charge in [0.05, 0.1) is 37.1 Å². The summed E-state index contributed by atoms with van der Waals surface area (Å²) in [4.78, 5) is 2.11. The van der Waals surface area contributed by atoms with Crippen LogP contribution in [0.15, 0.2) is 41.1 Å². The Morgan fingerprint density at radius 3 is 2.52 bits per heavy atom. The molecular formula is C24H27N5O2. The van der Waals surface area contributed by atoms with Gasteiger partial charge in [-0.1, -0.05) is 26.0 Å². The number of likely N-dealkylation sites (N-methyl/N-ethyl adjacent to an activating group) is 1. The van der Waals surface area contributed by atoms with Crippen LogP contribution in [0, 0.1) is 51.2 Å². The van der Waals surface area contributed by atoms with Gasteiger partial charge in [0.2, 0.25) is 0 Å². The van der Waals surface area contributed by atoms with E-state index >= 15 is 0 Å². The van der Waals surface area contributed by atoms with Gasteiger partial charge in [-0.2, -0.15) is 15.8 Å². The van der Waals surface area contributed by atoms with E-state index in [1.807, 2.05) is 31.3 Å². The standard InChI is InChI=1S/C24H27N5O2/c1-15(2)12-31-20-6-5-16(9-21(20)30-4)22-19-11-29(3)8-7-17(19)18(10-25)23(28)24(22,13-26)14-27/h5-7,9,15,19,22H,8,11-12,28H2,1-4H3/t19-,22-/m1/s1. The zero-order valence-corrected chi connectivity index (χ0v) is 18.3. The quantitative estimate of drug-likeness (QED) is 0.782. The molecule has 2 N–H and O–H groups in total. The number of fused-ring (bicyclic) bond motifs is 1. The van der Waals surface area contributed by atoms with Crippen LogP contribution in [-0.2, 0) is 0 Å². The minimum atomic E-state index is -1.66. The van der Waals surface area contributed by atoms with E-state index in [1.54, 1.807) is 7.11 Å². The lowest BCUT2D eigenvalue weighted by molar-refractivity contribution is 0.236. The van der Waals surface area contributed by atoms with Gasteiger partial charge in [-0.25, -0.2) is 0 Å². The van der Waals surface area contributed by atoms with Crippen molar-refractivity contribution in [1.29, 1.82) is 15.8 Å². The van der Waals surface area contributed by atoms with Crippen molar-refractivity contribution in [2.75, 3.05) is 33.9 Å². The Bertz CT molecular complexity index is 1040. The number of benzene rings is 1. The number of ether oxygens (including phenoxy) is 2. The molecule has 0 fully saturated rings. The molecular weight excluding hydrogens is 390 g/mol. The fourth-order valence-electron chi connectivity index (χ4n) is 4.45. The second-order valence-corrected chi connectivity index (χ2v) is 8.51. The highest BCUT2D eigenvalue weighted by Gasteiger charge is 2.54. The summed E-state index contributed by atoms with van der Waals surface area (Å²) >= 11 is 0. The number of allylic oxidation sites excluding steroid dienone is 2. The zero-order chi connectivity index (χ0) is 22.8. The largest absolute Gasteiger partial charge is 0.493 e. The Balaban J connectivity index is 2.20. The van der Waals surface area contributed by atoms with Crippen LogP contribution in [0.25, 0.3) is 0 Å². The van der Waals surface area contributed by atoms with E-state index in [0.717, 1.165) is 11.1 Å². The minimum Gasteiger partial charge on any atom is -0.493 e. The molecule has 1 aliphatic heterocycles. The number of nitrogens with zero attached hydrogens (tertiary/aromatic N) is 4. The van der Waals surface area contributed by atoms with Gasteiger partial charge < -0.3 is 20.1 Å². The summed E-state index contributed by atoms with van der Waals surface area (Å²) < 4.78 is 11.4. The maximum absolute atomic E-state index is 10.2. The summed E-state index contributed by atoms with van der Waals surface area (Å²) in [6, 6.07) is 12.0. The van der Waals surface area contributed by atoms with Crippen molar-refractivity contribution < 1.29 is 9.47 Å². The summed E-state index contributed by atoms with van der Waals surface area (Å²) in [6.07, 6.45) is 1.97. The third-order valence-corrected chi connectivity index (χ3v) is 5.97. The molecule has 2 atom stereocenters. The van der Waals surface area contributed by atoms with E-state index in [-0.39, 0.29) is 17.2 Å². The SMILES string of the molecule is COc1cc([C@@H]2[C@@H]3CN(C)CC=C3C(C#N)=C(N)C2(C#N)C#N)ccc1OCC(C)C. The van der Waals surface area contributed by atoms with Crippen molar-refractivity contribution >= 4 is 0 Å². The van der Waals surface area contributed by atoms with Gasteiger partial charge in [-0.3, -0.25) is 0 Å². The lowest BCUT2D eigenvalue weighted by Gasteiger charge is -2.45. The summed E-state index contributed by atoms with van der Waals surface area (Å²) in [7, 11) is 3.54. The van der Waals surface area contributed by atoms with Crippen LogP contribution in [0.4, 0.5) is 0 Å². The Hall–Kier alpha value is -3.47. The van der Waals surface area contributed by atoms with Gasteiger partial charge in [0.15, 0.2) is 16.9 Å². The second kappa shape index (κ2) is 8.72. The molecule has 0 spiro atoms. The van der Waals surface area contributed by atoms with Crippen molar-refractivity contribution in [2.45, 2.75) is 19.8 Å². The molecule has 2 aliphatic rings. The molecule has 31 heavy (non-hydrogen) atoms. The Labute approximate surface area is 183 Å². The Morgan fingerprint density at radius 1 is 1.23 bits per heavy atom. The molecule has 1 aliphatic carbocycles. The molecule has 0 unspecified atom stereocenters. The highest BCUT2D eigenvalue weighted by atomic mass is 16.5. The molecule has 160 valence electrons. The molecule has 0 saturated carbocycles. The van der Waals surface area contributed by atoms with E-state index in [9.17, 15) is 15.8 Å². The topological polar surface area (TPSA) is 119 Å². The third kappa shape index (κ3) is 3.72. The normalized spacial score (nSPS) is 22.6.